The minimum atomic E-state index is -0.498. The summed E-state index contributed by atoms with van der Waals surface area (Å²) in [5, 5.41) is 5.85. The van der Waals surface area contributed by atoms with Crippen molar-refractivity contribution in [3.05, 3.63) is 28.7 Å². The number of carbonyl (C=O) groups is 1. The standard InChI is InChI=1S/C13H15N3O4/c1-16-9-3-2-8(6-10(9)20-13(16)18)15-12(17)11-7-14-4-5-19-11/h2-3,6,11,14H,4-5,7H2,1H3,(H,15,17). The fraction of sp³-hybridized carbons (Fsp3) is 0.385. The lowest BCUT2D eigenvalue weighted by atomic mass is 10.2. The second kappa shape index (κ2) is 5.10. The number of rotatable bonds is 2. The van der Waals surface area contributed by atoms with Crippen molar-refractivity contribution in [2.75, 3.05) is 25.0 Å². The maximum absolute atomic E-state index is 12.0. The van der Waals surface area contributed by atoms with Crippen molar-refractivity contribution < 1.29 is 13.9 Å². The number of amides is 1. The third-order valence-corrected chi connectivity index (χ3v) is 3.28. The Bertz CT molecular complexity index is 697. The molecule has 7 nitrogen and oxygen atoms in total. The van der Waals surface area contributed by atoms with Gasteiger partial charge in [-0.3, -0.25) is 9.36 Å². The first-order valence-corrected chi connectivity index (χ1v) is 6.38. The zero-order valence-corrected chi connectivity index (χ0v) is 11.0. The molecule has 2 N–H and O–H groups in total. The van der Waals surface area contributed by atoms with Crippen LogP contribution in [-0.4, -0.2) is 36.3 Å². The molecule has 1 aliphatic rings. The molecule has 2 aromatic rings. The van der Waals surface area contributed by atoms with Crippen LogP contribution in [0.3, 0.4) is 0 Å². The SMILES string of the molecule is Cn1c(=O)oc2cc(NC(=O)C3CNCCO3)ccc21. The van der Waals surface area contributed by atoms with Gasteiger partial charge in [-0.2, -0.15) is 0 Å². The number of benzene rings is 1. The molecule has 1 aromatic heterocycles. The highest BCUT2D eigenvalue weighted by atomic mass is 16.5. The lowest BCUT2D eigenvalue weighted by Crippen LogP contribution is -2.45. The molecule has 0 saturated carbocycles. The second-order valence-corrected chi connectivity index (χ2v) is 4.66. The predicted octanol–water partition coefficient (Wildman–Crippen LogP) is 0.0584. The molecule has 1 saturated heterocycles. The first-order valence-electron chi connectivity index (χ1n) is 6.38. The van der Waals surface area contributed by atoms with Gasteiger partial charge < -0.3 is 19.8 Å². The second-order valence-electron chi connectivity index (χ2n) is 4.66. The van der Waals surface area contributed by atoms with E-state index in [0.29, 0.717) is 29.9 Å². The van der Waals surface area contributed by atoms with E-state index in [1.165, 1.54) is 4.57 Å². The van der Waals surface area contributed by atoms with Gasteiger partial charge in [-0.05, 0) is 12.1 Å². The highest BCUT2D eigenvalue weighted by Gasteiger charge is 2.21. The van der Waals surface area contributed by atoms with Crippen LogP contribution in [0.25, 0.3) is 11.1 Å². The third-order valence-electron chi connectivity index (χ3n) is 3.28. The maximum atomic E-state index is 12.0. The van der Waals surface area contributed by atoms with Gasteiger partial charge in [-0.1, -0.05) is 0 Å². The first kappa shape index (κ1) is 12.9. The summed E-state index contributed by atoms with van der Waals surface area (Å²) in [4.78, 5) is 23.4. The molecule has 1 atom stereocenters. The van der Waals surface area contributed by atoms with Crippen LogP contribution in [0, 0.1) is 0 Å². The number of fused-ring (bicyclic) bond motifs is 1. The van der Waals surface area contributed by atoms with Crippen molar-refractivity contribution in [2.45, 2.75) is 6.10 Å². The fourth-order valence-corrected chi connectivity index (χ4v) is 2.17. The molecule has 1 amide bonds. The first-order chi connectivity index (χ1) is 9.65. The number of ether oxygens (including phenoxy) is 1. The van der Waals surface area contributed by atoms with Gasteiger partial charge in [-0.15, -0.1) is 0 Å². The summed E-state index contributed by atoms with van der Waals surface area (Å²) in [6, 6.07) is 5.09. The van der Waals surface area contributed by atoms with Gasteiger partial charge in [0.1, 0.15) is 6.10 Å². The number of hydrogen-bond acceptors (Lipinski definition) is 5. The number of carbonyl (C=O) groups excluding carboxylic acids is 1. The molecular formula is C13H15N3O4. The van der Waals surface area contributed by atoms with E-state index in [-0.39, 0.29) is 5.91 Å². The van der Waals surface area contributed by atoms with Crippen molar-refractivity contribution in [1.82, 2.24) is 9.88 Å². The largest absolute Gasteiger partial charge is 0.419 e. The van der Waals surface area contributed by atoms with E-state index >= 15 is 0 Å². The zero-order valence-electron chi connectivity index (χ0n) is 11.0. The fourth-order valence-electron chi connectivity index (χ4n) is 2.17. The Morgan fingerprint density at radius 1 is 1.50 bits per heavy atom. The molecule has 0 spiro atoms. The average molecular weight is 277 g/mol. The molecule has 1 fully saturated rings. The van der Waals surface area contributed by atoms with E-state index in [0.717, 1.165) is 6.54 Å². The minimum absolute atomic E-state index is 0.213. The van der Waals surface area contributed by atoms with Gasteiger partial charge >= 0.3 is 5.76 Å². The molecule has 0 aliphatic carbocycles. The number of aromatic nitrogens is 1. The van der Waals surface area contributed by atoms with E-state index < -0.39 is 11.9 Å². The Kier molecular flexibility index (Phi) is 3.29. The Labute approximate surface area is 114 Å². The summed E-state index contributed by atoms with van der Waals surface area (Å²) in [6.07, 6.45) is -0.498. The number of nitrogens with zero attached hydrogens (tertiary/aromatic N) is 1. The molecule has 3 rings (SSSR count). The smallest absolute Gasteiger partial charge is 0.408 e. The number of oxazole rings is 1. The minimum Gasteiger partial charge on any atom is -0.408 e. The van der Waals surface area contributed by atoms with Gasteiger partial charge in [0, 0.05) is 31.9 Å². The van der Waals surface area contributed by atoms with Crippen LogP contribution in [0.4, 0.5) is 5.69 Å². The van der Waals surface area contributed by atoms with E-state index in [1.54, 1.807) is 25.2 Å². The summed E-state index contributed by atoms with van der Waals surface area (Å²) in [5.41, 5.74) is 1.70. The molecular weight excluding hydrogens is 262 g/mol. The number of aryl methyl sites for hydroxylation is 1. The molecule has 2 heterocycles. The van der Waals surface area contributed by atoms with Crippen LogP contribution >= 0.6 is 0 Å². The molecule has 7 heteroatoms. The van der Waals surface area contributed by atoms with E-state index in [4.69, 9.17) is 9.15 Å². The lowest BCUT2D eigenvalue weighted by molar-refractivity contribution is -0.128. The Hall–Kier alpha value is -2.12. The van der Waals surface area contributed by atoms with Crippen LogP contribution in [0.15, 0.2) is 27.4 Å². The van der Waals surface area contributed by atoms with Crippen LogP contribution < -0.4 is 16.4 Å². The average Bonchev–Trinajstić information content (AvgIpc) is 2.74. The van der Waals surface area contributed by atoms with Gasteiger partial charge in [0.2, 0.25) is 0 Å². The third kappa shape index (κ3) is 2.33. The van der Waals surface area contributed by atoms with Gasteiger partial charge in [0.15, 0.2) is 5.58 Å². The topological polar surface area (TPSA) is 85.5 Å². The quantitative estimate of drug-likeness (QED) is 0.810. The maximum Gasteiger partial charge on any atom is 0.419 e. The Morgan fingerprint density at radius 3 is 3.10 bits per heavy atom. The number of morpholine rings is 1. The highest BCUT2D eigenvalue weighted by molar-refractivity contribution is 5.95. The molecule has 0 bridgehead atoms. The van der Waals surface area contributed by atoms with E-state index in [2.05, 4.69) is 10.6 Å². The van der Waals surface area contributed by atoms with Crippen LogP contribution in [0.1, 0.15) is 0 Å². The van der Waals surface area contributed by atoms with E-state index in [9.17, 15) is 9.59 Å². The highest BCUT2D eigenvalue weighted by Crippen LogP contribution is 2.18. The number of anilines is 1. The molecule has 1 unspecified atom stereocenters. The predicted molar refractivity (Wildman–Crippen MR) is 72.7 cm³/mol. The summed E-state index contributed by atoms with van der Waals surface area (Å²) in [7, 11) is 1.63. The Balaban J connectivity index is 1.80. The van der Waals surface area contributed by atoms with Crippen LogP contribution in [-0.2, 0) is 16.6 Å². The molecule has 1 aliphatic heterocycles. The number of hydrogen-bond donors (Lipinski definition) is 2. The lowest BCUT2D eigenvalue weighted by Gasteiger charge is -2.22. The van der Waals surface area contributed by atoms with E-state index in [1.807, 2.05) is 0 Å². The monoisotopic (exact) mass is 277 g/mol. The molecule has 0 radical (unpaired) electrons. The van der Waals surface area contributed by atoms with Crippen molar-refractivity contribution in [2.24, 2.45) is 7.05 Å². The molecule has 1 aromatic carbocycles. The van der Waals surface area contributed by atoms with Crippen molar-refractivity contribution >= 4 is 22.7 Å². The van der Waals surface area contributed by atoms with Gasteiger partial charge in [0.25, 0.3) is 5.91 Å². The van der Waals surface area contributed by atoms with Gasteiger partial charge in [0.05, 0.1) is 12.1 Å². The number of nitrogens with one attached hydrogen (secondary N) is 2. The Morgan fingerprint density at radius 2 is 2.35 bits per heavy atom. The molecule has 106 valence electrons. The van der Waals surface area contributed by atoms with Crippen molar-refractivity contribution in [3.8, 4) is 0 Å². The van der Waals surface area contributed by atoms with Crippen molar-refractivity contribution in [1.29, 1.82) is 0 Å². The van der Waals surface area contributed by atoms with Crippen LogP contribution in [0.2, 0.25) is 0 Å². The van der Waals surface area contributed by atoms with Crippen LogP contribution in [0.5, 0.6) is 0 Å². The summed E-state index contributed by atoms with van der Waals surface area (Å²) < 4.78 is 11.9. The van der Waals surface area contributed by atoms with Crippen molar-refractivity contribution in [3.63, 3.8) is 0 Å². The molecule has 20 heavy (non-hydrogen) atoms. The summed E-state index contributed by atoms with van der Waals surface area (Å²) in [5.74, 6) is -0.641. The van der Waals surface area contributed by atoms with Gasteiger partial charge in [-0.25, -0.2) is 4.79 Å². The zero-order chi connectivity index (χ0) is 14.1. The summed E-state index contributed by atoms with van der Waals surface area (Å²) in [6.45, 7) is 1.77. The normalized spacial score (nSPS) is 19.1. The summed E-state index contributed by atoms with van der Waals surface area (Å²) >= 11 is 0.